The number of hydrogen-bond donors (Lipinski definition) is 1. The molecule has 2 heterocycles. The first kappa shape index (κ1) is 17.5. The first-order valence-electron chi connectivity index (χ1n) is 8.65. The molecule has 0 radical (unpaired) electrons. The Labute approximate surface area is 161 Å². The van der Waals surface area contributed by atoms with Crippen molar-refractivity contribution < 1.29 is 9.59 Å². The van der Waals surface area contributed by atoms with Gasteiger partial charge >= 0.3 is 0 Å². The van der Waals surface area contributed by atoms with Gasteiger partial charge in [-0.25, -0.2) is 0 Å². The van der Waals surface area contributed by atoms with Crippen LogP contribution in [0.5, 0.6) is 0 Å². The number of thioether (sulfide) groups is 1. The summed E-state index contributed by atoms with van der Waals surface area (Å²) >= 11 is 1.52. The van der Waals surface area contributed by atoms with Crippen LogP contribution in [-0.2, 0) is 6.54 Å². The van der Waals surface area contributed by atoms with Crippen LogP contribution in [0.25, 0.3) is 0 Å². The number of fused-ring (bicyclic) bond motifs is 1. The lowest BCUT2D eigenvalue weighted by molar-refractivity contribution is 0.0634. The average molecular weight is 378 g/mol. The second-order valence-electron chi connectivity index (χ2n) is 6.31. The third-order valence-corrected chi connectivity index (χ3v) is 5.53. The molecule has 6 nitrogen and oxygen atoms in total. The van der Waals surface area contributed by atoms with Gasteiger partial charge in [0, 0.05) is 5.75 Å². The van der Waals surface area contributed by atoms with Crippen molar-refractivity contribution in [2.45, 2.75) is 19.5 Å². The van der Waals surface area contributed by atoms with Gasteiger partial charge in [0.25, 0.3) is 11.8 Å². The molecule has 0 fully saturated rings. The van der Waals surface area contributed by atoms with Crippen LogP contribution in [0.4, 0.5) is 0 Å². The third kappa shape index (κ3) is 3.38. The molecule has 0 bridgehead atoms. The van der Waals surface area contributed by atoms with Gasteiger partial charge in [-0.1, -0.05) is 54.2 Å². The lowest BCUT2D eigenvalue weighted by Crippen LogP contribution is -2.45. The summed E-state index contributed by atoms with van der Waals surface area (Å²) in [4.78, 5) is 31.0. The largest absolute Gasteiger partial charge is 0.269 e. The van der Waals surface area contributed by atoms with Crippen LogP contribution in [0.2, 0.25) is 0 Å². The Bertz CT molecular complexity index is 920. The lowest BCUT2D eigenvalue weighted by atomic mass is 10.1. The predicted octanol–water partition coefficient (Wildman–Crippen LogP) is 2.92. The maximum Gasteiger partial charge on any atom is 0.262 e. The Kier molecular flexibility index (Phi) is 4.77. The number of rotatable bonds is 4. The first-order valence-corrected chi connectivity index (χ1v) is 9.64. The van der Waals surface area contributed by atoms with Gasteiger partial charge < -0.3 is 0 Å². The van der Waals surface area contributed by atoms with E-state index in [9.17, 15) is 9.59 Å². The summed E-state index contributed by atoms with van der Waals surface area (Å²) in [6.45, 7) is 2.41. The van der Waals surface area contributed by atoms with Crippen molar-refractivity contribution in [1.29, 1.82) is 0 Å². The molecule has 0 spiro atoms. The average Bonchev–Trinajstić information content (AvgIpc) is 2.98. The Morgan fingerprint density at radius 1 is 1.07 bits per heavy atom. The molecule has 0 saturated carbocycles. The highest BCUT2D eigenvalue weighted by Crippen LogP contribution is 2.26. The number of hydrogen-bond acceptors (Lipinski definition) is 5. The number of carbonyl (C=O) groups is 2. The fraction of sp³-hybridized carbons (Fsp3) is 0.200. The van der Waals surface area contributed by atoms with Gasteiger partial charge in [-0.15, -0.1) is 0 Å². The maximum absolute atomic E-state index is 12.6. The number of benzene rings is 2. The number of amides is 2. The highest BCUT2D eigenvalue weighted by molar-refractivity contribution is 8.14. The highest BCUT2D eigenvalue weighted by Gasteiger charge is 2.40. The molecule has 1 atom stereocenters. The molecule has 7 heteroatoms. The predicted molar refractivity (Wildman–Crippen MR) is 107 cm³/mol. The van der Waals surface area contributed by atoms with Crippen molar-refractivity contribution in [1.82, 2.24) is 10.3 Å². The Balaban J connectivity index is 1.45. The minimum atomic E-state index is -0.409. The van der Waals surface area contributed by atoms with Gasteiger partial charge in [-0.3, -0.25) is 24.9 Å². The van der Waals surface area contributed by atoms with Crippen LogP contribution in [0.3, 0.4) is 0 Å². The number of imide groups is 1. The molecule has 0 saturated heterocycles. The number of nitrogens with zero attached hydrogens (tertiary/aromatic N) is 3. The Morgan fingerprint density at radius 3 is 2.30 bits per heavy atom. The maximum atomic E-state index is 12.6. The molecule has 27 heavy (non-hydrogen) atoms. The normalized spacial score (nSPS) is 18.9. The topological polar surface area (TPSA) is 74.1 Å². The van der Waals surface area contributed by atoms with Gasteiger partial charge in [0.15, 0.2) is 5.17 Å². The summed E-state index contributed by atoms with van der Waals surface area (Å²) < 4.78 is 0. The second kappa shape index (κ2) is 7.36. The summed E-state index contributed by atoms with van der Waals surface area (Å²) in [6.07, 6.45) is 0. The van der Waals surface area contributed by atoms with Crippen LogP contribution in [0, 0.1) is 0 Å². The first-order chi connectivity index (χ1) is 13.1. The quantitative estimate of drug-likeness (QED) is 0.830. The van der Waals surface area contributed by atoms with E-state index in [1.54, 1.807) is 24.3 Å². The molecule has 136 valence electrons. The van der Waals surface area contributed by atoms with E-state index in [1.165, 1.54) is 16.7 Å². The van der Waals surface area contributed by atoms with Gasteiger partial charge in [0.2, 0.25) is 0 Å². The molecule has 1 N–H and O–H groups in total. The van der Waals surface area contributed by atoms with Crippen molar-refractivity contribution in [2.75, 3.05) is 5.75 Å². The summed E-state index contributed by atoms with van der Waals surface area (Å²) in [7, 11) is 0. The molecule has 2 amide bonds. The number of hydrazone groups is 1. The molecule has 4 rings (SSSR count). The van der Waals surface area contributed by atoms with Crippen LogP contribution in [0.1, 0.15) is 33.2 Å². The Morgan fingerprint density at radius 2 is 1.70 bits per heavy atom. The fourth-order valence-electron chi connectivity index (χ4n) is 3.08. The Hall–Kier alpha value is -2.93. The van der Waals surface area contributed by atoms with Crippen molar-refractivity contribution in [3.05, 3.63) is 71.3 Å². The zero-order valence-electron chi connectivity index (χ0n) is 14.8. The van der Waals surface area contributed by atoms with E-state index in [4.69, 9.17) is 0 Å². The number of aliphatic imine (C=N–C) groups is 1. The molecule has 1 unspecified atom stereocenters. The monoisotopic (exact) mass is 378 g/mol. The number of amidine groups is 1. The molecule has 0 aliphatic carbocycles. The number of nitrogens with one attached hydrogen (secondary N) is 1. The van der Waals surface area contributed by atoms with E-state index < -0.39 is 6.04 Å². The van der Waals surface area contributed by atoms with E-state index in [0.717, 1.165) is 16.4 Å². The summed E-state index contributed by atoms with van der Waals surface area (Å²) in [5, 5.41) is 5.10. The highest BCUT2D eigenvalue weighted by atomic mass is 32.2. The van der Waals surface area contributed by atoms with E-state index >= 15 is 0 Å². The smallest absolute Gasteiger partial charge is 0.262 e. The minimum absolute atomic E-state index is 0.264. The molecular formula is C20H18N4O2S. The van der Waals surface area contributed by atoms with E-state index in [2.05, 4.69) is 15.5 Å². The SMILES string of the molecule is CC(C1=NNC(=NCc2ccccc2)SC1)N1C(=O)c2ccccc2C1=O. The number of carbonyl (C=O) groups excluding carboxylic acids is 2. The molecular weight excluding hydrogens is 360 g/mol. The van der Waals surface area contributed by atoms with Crippen molar-refractivity contribution >= 4 is 34.5 Å². The summed E-state index contributed by atoms with van der Waals surface area (Å²) in [5.74, 6) is 0.0496. The van der Waals surface area contributed by atoms with Crippen LogP contribution in [-0.4, -0.2) is 39.4 Å². The lowest BCUT2D eigenvalue weighted by Gasteiger charge is -2.26. The standard InChI is InChI=1S/C20H18N4O2S/c1-13(24-18(25)15-9-5-6-10-16(15)19(24)26)17-12-27-20(23-22-17)21-11-14-7-3-2-4-8-14/h2-10,13H,11-12H2,1H3,(H,21,23). The zero-order chi connectivity index (χ0) is 18.8. The van der Waals surface area contributed by atoms with Crippen LogP contribution < -0.4 is 5.43 Å². The van der Waals surface area contributed by atoms with Crippen molar-refractivity contribution in [3.63, 3.8) is 0 Å². The second-order valence-corrected chi connectivity index (χ2v) is 7.28. The van der Waals surface area contributed by atoms with Crippen LogP contribution in [0.15, 0.2) is 64.7 Å². The zero-order valence-corrected chi connectivity index (χ0v) is 15.6. The molecule has 2 aliphatic rings. The molecule has 2 aromatic carbocycles. The van der Waals surface area contributed by atoms with Crippen LogP contribution >= 0.6 is 11.8 Å². The van der Waals surface area contributed by atoms with E-state index in [-0.39, 0.29) is 11.8 Å². The van der Waals surface area contributed by atoms with Gasteiger partial charge in [0.1, 0.15) is 0 Å². The third-order valence-electron chi connectivity index (χ3n) is 4.60. The fourth-order valence-corrected chi connectivity index (χ4v) is 3.93. The van der Waals surface area contributed by atoms with Gasteiger partial charge in [0.05, 0.1) is 29.4 Å². The van der Waals surface area contributed by atoms with Gasteiger partial charge in [-0.2, -0.15) is 5.10 Å². The van der Waals surface area contributed by atoms with Gasteiger partial charge in [-0.05, 0) is 24.6 Å². The minimum Gasteiger partial charge on any atom is -0.269 e. The molecule has 2 aromatic rings. The van der Waals surface area contributed by atoms with E-state index in [1.807, 2.05) is 37.3 Å². The van der Waals surface area contributed by atoms with Crippen molar-refractivity contribution in [2.24, 2.45) is 10.1 Å². The van der Waals surface area contributed by atoms with E-state index in [0.29, 0.717) is 23.4 Å². The molecule has 0 aromatic heterocycles. The summed E-state index contributed by atoms with van der Waals surface area (Å²) in [6, 6.07) is 16.5. The van der Waals surface area contributed by atoms with Crippen molar-refractivity contribution in [3.8, 4) is 0 Å². The molecule has 2 aliphatic heterocycles. The summed E-state index contributed by atoms with van der Waals surface area (Å²) in [5.41, 5.74) is 5.73.